The molecule has 1 spiro atoms. The Labute approximate surface area is 150 Å². The normalized spacial score (nSPS) is 39.6. The second-order valence-electron chi connectivity index (χ2n) is 8.71. The van der Waals surface area contributed by atoms with Crippen LogP contribution in [0.3, 0.4) is 0 Å². The summed E-state index contributed by atoms with van der Waals surface area (Å²) in [6.45, 7) is 7.19. The van der Waals surface area contributed by atoms with Crippen LogP contribution in [0, 0.1) is 5.41 Å². The highest BCUT2D eigenvalue weighted by atomic mass is 16.4. The van der Waals surface area contributed by atoms with Crippen LogP contribution in [-0.2, 0) is 4.79 Å². The molecular formula is C19H31N3O3. The van der Waals surface area contributed by atoms with Crippen molar-refractivity contribution in [2.24, 2.45) is 5.41 Å². The highest BCUT2D eigenvalue weighted by molar-refractivity contribution is 5.79. The quantitative estimate of drug-likeness (QED) is 0.850. The summed E-state index contributed by atoms with van der Waals surface area (Å²) in [5, 5.41) is 9.26. The van der Waals surface area contributed by atoms with E-state index < -0.39 is 6.09 Å². The Hall–Kier alpha value is -1.30. The highest BCUT2D eigenvalue weighted by Crippen LogP contribution is 2.55. The van der Waals surface area contributed by atoms with E-state index in [1.807, 2.05) is 0 Å². The van der Waals surface area contributed by atoms with E-state index in [4.69, 9.17) is 0 Å². The van der Waals surface area contributed by atoms with Gasteiger partial charge in [0.1, 0.15) is 0 Å². The molecule has 0 radical (unpaired) electrons. The van der Waals surface area contributed by atoms with Crippen molar-refractivity contribution < 1.29 is 14.7 Å². The summed E-state index contributed by atoms with van der Waals surface area (Å²) in [5.74, 6) is 0.350. The summed E-state index contributed by atoms with van der Waals surface area (Å²) in [5.41, 5.74) is 0.258. The molecule has 0 aromatic carbocycles. The molecule has 1 saturated carbocycles. The van der Waals surface area contributed by atoms with Gasteiger partial charge in [0.15, 0.2) is 0 Å². The minimum atomic E-state index is -0.758. The molecule has 3 heterocycles. The first-order valence-corrected chi connectivity index (χ1v) is 10.00. The van der Waals surface area contributed by atoms with Crippen LogP contribution in [0.4, 0.5) is 4.79 Å². The molecule has 1 N–H and O–H groups in total. The summed E-state index contributed by atoms with van der Waals surface area (Å²) in [6, 6.07) is 1.70. The largest absolute Gasteiger partial charge is 0.465 e. The van der Waals surface area contributed by atoms with E-state index in [1.165, 1.54) is 0 Å². The first-order valence-electron chi connectivity index (χ1n) is 10.00. The first kappa shape index (κ1) is 17.1. The molecule has 1 aliphatic carbocycles. The van der Waals surface area contributed by atoms with E-state index in [0.717, 1.165) is 64.6 Å². The van der Waals surface area contributed by atoms with Gasteiger partial charge >= 0.3 is 6.09 Å². The minimum absolute atomic E-state index is 0.224. The monoisotopic (exact) mass is 349 g/mol. The van der Waals surface area contributed by atoms with Gasteiger partial charge in [0.2, 0.25) is 5.91 Å². The van der Waals surface area contributed by atoms with E-state index in [1.54, 1.807) is 4.90 Å². The summed E-state index contributed by atoms with van der Waals surface area (Å²) < 4.78 is 0. The molecule has 1 unspecified atom stereocenters. The zero-order valence-corrected chi connectivity index (χ0v) is 15.5. The van der Waals surface area contributed by atoms with Crippen LogP contribution in [0.15, 0.2) is 0 Å². The van der Waals surface area contributed by atoms with Gasteiger partial charge in [0.05, 0.1) is 0 Å². The number of carboxylic acid groups (broad SMARTS) is 1. The van der Waals surface area contributed by atoms with Gasteiger partial charge in [-0.3, -0.25) is 4.79 Å². The van der Waals surface area contributed by atoms with Gasteiger partial charge in [-0.05, 0) is 45.4 Å². The Bertz CT molecular complexity index is 552. The van der Waals surface area contributed by atoms with Gasteiger partial charge in [-0.2, -0.15) is 0 Å². The van der Waals surface area contributed by atoms with Crippen molar-refractivity contribution >= 4 is 12.0 Å². The van der Waals surface area contributed by atoms with E-state index in [9.17, 15) is 14.7 Å². The van der Waals surface area contributed by atoms with Crippen molar-refractivity contribution in [2.45, 2.75) is 83.0 Å². The van der Waals surface area contributed by atoms with Gasteiger partial charge in [-0.15, -0.1) is 0 Å². The van der Waals surface area contributed by atoms with E-state index in [-0.39, 0.29) is 11.5 Å². The third-order valence-corrected chi connectivity index (χ3v) is 7.43. The first-order chi connectivity index (χ1) is 11.9. The average Bonchev–Trinajstić information content (AvgIpc) is 2.85. The Balaban J connectivity index is 1.28. The van der Waals surface area contributed by atoms with E-state index in [0.29, 0.717) is 24.0 Å². The second-order valence-corrected chi connectivity index (χ2v) is 8.71. The average molecular weight is 349 g/mol. The predicted molar refractivity (Wildman–Crippen MR) is 94.4 cm³/mol. The number of amides is 2. The smallest absolute Gasteiger partial charge is 0.407 e. The lowest BCUT2D eigenvalue weighted by atomic mass is 9.54. The predicted octanol–water partition coefficient (Wildman–Crippen LogP) is 2.38. The number of carbonyl (C=O) groups is 2. The van der Waals surface area contributed by atoms with Gasteiger partial charge in [0.25, 0.3) is 0 Å². The zero-order chi connectivity index (χ0) is 17.8. The molecule has 4 rings (SSSR count). The van der Waals surface area contributed by atoms with Gasteiger partial charge in [0, 0.05) is 55.6 Å². The van der Waals surface area contributed by atoms with Gasteiger partial charge < -0.3 is 19.8 Å². The molecule has 3 saturated heterocycles. The van der Waals surface area contributed by atoms with Crippen molar-refractivity contribution in [3.05, 3.63) is 0 Å². The van der Waals surface area contributed by atoms with Crippen molar-refractivity contribution in [3.8, 4) is 0 Å². The molecule has 0 bridgehead atoms. The fourth-order valence-electron chi connectivity index (χ4n) is 6.10. The summed E-state index contributed by atoms with van der Waals surface area (Å²) in [7, 11) is 0. The topological polar surface area (TPSA) is 64.1 Å². The number of nitrogens with zero attached hydrogens (tertiary/aromatic N) is 3. The Kier molecular flexibility index (Phi) is 4.21. The lowest BCUT2D eigenvalue weighted by Gasteiger charge is -2.65. The SMILES string of the molecule is CCC1N(C(=O)O)CC12CC(N1CCC(N3C(=O)CC[C@@H]3C)CC1)C2. The van der Waals surface area contributed by atoms with Gasteiger partial charge in [-0.25, -0.2) is 4.79 Å². The van der Waals surface area contributed by atoms with Crippen LogP contribution in [0.1, 0.15) is 58.8 Å². The molecule has 25 heavy (non-hydrogen) atoms. The van der Waals surface area contributed by atoms with E-state index >= 15 is 0 Å². The van der Waals surface area contributed by atoms with Crippen molar-refractivity contribution in [2.75, 3.05) is 19.6 Å². The number of hydrogen-bond acceptors (Lipinski definition) is 3. The second kappa shape index (κ2) is 6.15. The Morgan fingerprint density at radius 3 is 2.40 bits per heavy atom. The van der Waals surface area contributed by atoms with Crippen molar-refractivity contribution in [3.63, 3.8) is 0 Å². The van der Waals surface area contributed by atoms with Crippen LogP contribution in [0.5, 0.6) is 0 Å². The van der Waals surface area contributed by atoms with Crippen molar-refractivity contribution in [1.29, 1.82) is 0 Å². The molecule has 4 fully saturated rings. The maximum Gasteiger partial charge on any atom is 0.407 e. The molecule has 6 heteroatoms. The maximum atomic E-state index is 12.1. The van der Waals surface area contributed by atoms with Crippen LogP contribution in [0.25, 0.3) is 0 Å². The fourth-order valence-corrected chi connectivity index (χ4v) is 6.10. The van der Waals surface area contributed by atoms with Crippen LogP contribution in [-0.4, -0.2) is 75.6 Å². The van der Waals surface area contributed by atoms with Crippen LogP contribution < -0.4 is 0 Å². The number of rotatable bonds is 3. The third-order valence-electron chi connectivity index (χ3n) is 7.43. The summed E-state index contributed by atoms with van der Waals surface area (Å²) in [4.78, 5) is 29.8. The highest BCUT2D eigenvalue weighted by Gasteiger charge is 2.61. The van der Waals surface area contributed by atoms with Gasteiger partial charge in [-0.1, -0.05) is 6.92 Å². The standard InChI is InChI=1S/C19H31N3O3/c1-3-16-19(12-21(16)18(24)25)10-15(11-19)20-8-6-14(7-9-20)22-13(2)4-5-17(22)23/h13-16H,3-12H2,1-2H3,(H,24,25)/t13-,15?,16?,19?/m0/s1. The number of carbonyl (C=O) groups excluding carboxylic acids is 1. The molecule has 6 nitrogen and oxygen atoms in total. The summed E-state index contributed by atoms with van der Waals surface area (Å²) in [6.07, 6.45) is 6.41. The van der Waals surface area contributed by atoms with E-state index in [2.05, 4.69) is 23.6 Å². The molecule has 4 aliphatic rings. The molecule has 0 aromatic heterocycles. The van der Waals surface area contributed by atoms with Crippen molar-refractivity contribution in [1.82, 2.24) is 14.7 Å². The lowest BCUT2D eigenvalue weighted by Crippen LogP contribution is -2.73. The fraction of sp³-hybridized carbons (Fsp3) is 0.895. The van der Waals surface area contributed by atoms with Crippen LogP contribution in [0.2, 0.25) is 0 Å². The molecule has 0 aromatic rings. The third kappa shape index (κ3) is 2.64. The number of piperidine rings is 1. The zero-order valence-electron chi connectivity index (χ0n) is 15.5. The Morgan fingerprint density at radius 1 is 1.20 bits per heavy atom. The summed E-state index contributed by atoms with van der Waals surface area (Å²) >= 11 is 0. The Morgan fingerprint density at radius 2 is 1.88 bits per heavy atom. The minimum Gasteiger partial charge on any atom is -0.465 e. The molecule has 2 amide bonds. The van der Waals surface area contributed by atoms with Crippen LogP contribution >= 0.6 is 0 Å². The molecule has 3 aliphatic heterocycles. The number of hydrogen-bond donors (Lipinski definition) is 1. The molecule has 2 atom stereocenters. The lowest BCUT2D eigenvalue weighted by molar-refractivity contribution is -0.150. The molecule has 140 valence electrons. The molecular weight excluding hydrogens is 318 g/mol. The maximum absolute atomic E-state index is 12.1. The number of likely N-dealkylation sites (tertiary alicyclic amines) is 3.